The molecule has 278 valence electrons. The van der Waals surface area contributed by atoms with Gasteiger partial charge in [-0.05, 0) is 39.8 Å². The second-order valence-electron chi connectivity index (χ2n) is 11.5. The molecule has 2 heterocycles. The Labute approximate surface area is 286 Å². The summed E-state index contributed by atoms with van der Waals surface area (Å²) in [5.74, 6) is -1.70. The van der Waals surface area contributed by atoms with Crippen molar-refractivity contribution < 1.29 is 61.2 Å². The minimum absolute atomic E-state index is 0.0321. The van der Waals surface area contributed by atoms with Gasteiger partial charge >= 0.3 is 31.5 Å². The maximum Gasteiger partial charge on any atom is 0.459 e. The van der Waals surface area contributed by atoms with Gasteiger partial charge in [-0.15, -0.1) is 0 Å². The Bertz CT molecular complexity index is 1640. The number of nitrogens with one attached hydrogen (secondary N) is 2. The summed E-state index contributed by atoms with van der Waals surface area (Å²) >= 11 is 0. The van der Waals surface area contributed by atoms with Gasteiger partial charge in [0.2, 0.25) is 0 Å². The largest absolute Gasteiger partial charge is 0.462 e. The Hall–Kier alpha value is -4.13. The number of alkyl halides is 1. The summed E-state index contributed by atoms with van der Waals surface area (Å²) in [6.07, 6.45) is -5.92. The maximum absolute atomic E-state index is 16.1. The minimum atomic E-state index is -4.45. The lowest BCUT2D eigenvalue weighted by atomic mass is 9.98. The highest BCUT2D eigenvalue weighted by Crippen LogP contribution is 2.47. The van der Waals surface area contributed by atoms with Crippen LogP contribution in [0.5, 0.6) is 5.75 Å². The summed E-state index contributed by atoms with van der Waals surface area (Å²) < 4.78 is 67.5. The summed E-state index contributed by atoms with van der Waals surface area (Å²) in [7, 11) is -2.00. The predicted octanol–water partition coefficient (Wildman–Crippen LogP) is 1.39. The van der Waals surface area contributed by atoms with Crippen LogP contribution in [0.25, 0.3) is 0 Å². The molecule has 1 unspecified atom stereocenters. The van der Waals surface area contributed by atoms with E-state index in [1.54, 1.807) is 32.0 Å². The molecule has 2 aromatic rings. The van der Waals surface area contributed by atoms with Crippen LogP contribution < -0.4 is 26.2 Å². The number of rotatable bonds is 17. The van der Waals surface area contributed by atoms with Crippen molar-refractivity contribution in [3.05, 3.63) is 63.4 Å². The Morgan fingerprint density at radius 3 is 2.40 bits per heavy atom. The number of alkyl carbamates (subject to hydrolysis) is 1. The molecule has 3 rings (SSSR count). The minimum Gasteiger partial charge on any atom is -0.462 e. The van der Waals surface area contributed by atoms with Crippen LogP contribution in [0.15, 0.2) is 52.2 Å². The summed E-state index contributed by atoms with van der Waals surface area (Å²) in [5.41, 5.74) is -4.81. The molecule has 1 amide bonds. The highest BCUT2D eigenvalue weighted by atomic mass is 31.2. The molecule has 0 bridgehead atoms. The molecule has 1 aliphatic rings. The smallest absolute Gasteiger partial charge is 0.459 e. The van der Waals surface area contributed by atoms with Crippen LogP contribution in [0.2, 0.25) is 0 Å². The van der Waals surface area contributed by atoms with E-state index in [0.717, 1.165) is 26.3 Å². The number of halogens is 1. The van der Waals surface area contributed by atoms with Crippen LogP contribution in [0.3, 0.4) is 0 Å². The molecule has 3 N–H and O–H groups in total. The number of hydrogen-bond acceptors (Lipinski definition) is 14. The highest BCUT2D eigenvalue weighted by Gasteiger charge is 2.56. The van der Waals surface area contributed by atoms with E-state index in [9.17, 15) is 33.6 Å². The van der Waals surface area contributed by atoms with Crippen molar-refractivity contribution in [2.24, 2.45) is 0 Å². The molecular formula is C30H42FN4O14P. The molecule has 1 saturated heterocycles. The lowest BCUT2D eigenvalue weighted by molar-refractivity contribution is -0.151. The summed E-state index contributed by atoms with van der Waals surface area (Å²) in [5, 5.41) is 15.6. The fraction of sp³-hybridized carbons (Fsp3) is 0.567. The van der Waals surface area contributed by atoms with Crippen molar-refractivity contribution in [3.63, 3.8) is 0 Å². The lowest BCUT2D eigenvalue weighted by Gasteiger charge is -2.26. The Morgan fingerprint density at radius 2 is 1.78 bits per heavy atom. The van der Waals surface area contributed by atoms with E-state index >= 15 is 4.39 Å². The van der Waals surface area contributed by atoms with Gasteiger partial charge in [0, 0.05) is 32.4 Å². The molecule has 0 saturated carbocycles. The van der Waals surface area contributed by atoms with E-state index in [4.69, 9.17) is 28.0 Å². The molecule has 50 heavy (non-hydrogen) atoms. The zero-order valence-corrected chi connectivity index (χ0v) is 29.2. The number of aliphatic hydroxyl groups is 1. The third kappa shape index (κ3) is 10.4. The molecule has 1 aromatic carbocycles. The second-order valence-corrected chi connectivity index (χ2v) is 13.2. The third-order valence-electron chi connectivity index (χ3n) is 7.21. The van der Waals surface area contributed by atoms with Gasteiger partial charge in [-0.1, -0.05) is 18.2 Å². The molecule has 1 fully saturated rings. The van der Waals surface area contributed by atoms with Gasteiger partial charge in [0.25, 0.3) is 5.56 Å². The van der Waals surface area contributed by atoms with Crippen molar-refractivity contribution in [1.29, 1.82) is 0 Å². The number of esters is 2. The van der Waals surface area contributed by atoms with E-state index in [1.165, 1.54) is 26.2 Å². The topological polar surface area (TPSA) is 221 Å². The number of nitrogens with zero attached hydrogens (tertiary/aromatic N) is 2. The van der Waals surface area contributed by atoms with Gasteiger partial charge in [0.15, 0.2) is 18.6 Å². The number of ether oxygens (including phenoxy) is 5. The van der Waals surface area contributed by atoms with Crippen LogP contribution in [0.1, 0.15) is 40.3 Å². The van der Waals surface area contributed by atoms with Crippen molar-refractivity contribution in [2.75, 3.05) is 27.4 Å². The van der Waals surface area contributed by atoms with Crippen LogP contribution >= 0.6 is 7.75 Å². The fourth-order valence-corrected chi connectivity index (χ4v) is 6.10. The van der Waals surface area contributed by atoms with Gasteiger partial charge in [-0.2, -0.15) is 5.09 Å². The van der Waals surface area contributed by atoms with Crippen molar-refractivity contribution in [2.45, 2.75) is 83.1 Å². The summed E-state index contributed by atoms with van der Waals surface area (Å²) in [6.45, 7) is 3.89. The molecule has 18 nitrogen and oxygen atoms in total. The van der Waals surface area contributed by atoms with Gasteiger partial charge in [0.05, 0.1) is 19.8 Å². The quantitative estimate of drug-likeness (QED) is 0.119. The van der Waals surface area contributed by atoms with Crippen LogP contribution in [-0.4, -0.2) is 95.8 Å². The molecule has 7 atom stereocenters. The van der Waals surface area contributed by atoms with E-state index in [-0.39, 0.29) is 18.8 Å². The molecule has 0 aliphatic carbocycles. The Kier molecular flexibility index (Phi) is 14.3. The second kappa shape index (κ2) is 17.7. The summed E-state index contributed by atoms with van der Waals surface area (Å²) in [6, 6.07) is 6.23. The average molecular weight is 733 g/mol. The number of para-hydroxylation sites is 1. The van der Waals surface area contributed by atoms with Crippen molar-refractivity contribution in [1.82, 2.24) is 19.5 Å². The first-order valence-electron chi connectivity index (χ1n) is 15.3. The standard InChI is InChI=1S/C30H42FN4O14P/c1-18(2)47-25(38)19(3)33-50(42,49-20-10-8-7-9-11-20)46-16-22-24(37)30(4,31)27(48-22)34-14-12-23(36)35(29(34)41)17-45-26(39)21(13-15-43-5)32-28(40)44-6/h7-12,14,18-19,21-22,24,27,37H,13,15-17H2,1-6H3,(H,32,40)(H,33,42)/t19-,21+,22+,24+,27+,30+,50?/m0/s1. The number of aromatic nitrogens is 2. The normalized spacial score (nSPS) is 22.6. The fourth-order valence-electron chi connectivity index (χ4n) is 4.60. The van der Waals surface area contributed by atoms with Gasteiger partial charge in [-0.3, -0.25) is 18.7 Å². The predicted molar refractivity (Wildman–Crippen MR) is 171 cm³/mol. The number of amides is 1. The number of carbonyl (C=O) groups excluding carboxylic acids is 3. The molecule has 0 radical (unpaired) electrons. The number of benzene rings is 1. The number of hydrogen-bond donors (Lipinski definition) is 3. The van der Waals surface area contributed by atoms with E-state index in [1.807, 2.05) is 0 Å². The number of aliphatic hydroxyl groups excluding tert-OH is 1. The molecule has 20 heteroatoms. The van der Waals surface area contributed by atoms with E-state index in [0.29, 0.717) is 9.13 Å². The highest BCUT2D eigenvalue weighted by molar-refractivity contribution is 7.52. The SMILES string of the molecule is COCC[C@@H](NC(=O)OC)C(=O)OCn1c(=O)ccn([C@@H]2O[C@H](COP(=O)(N[C@@H](C)C(=O)OC(C)C)Oc3ccccc3)[C@@H](O)[C@@]2(C)F)c1=O. The van der Waals surface area contributed by atoms with Crippen LogP contribution in [0, 0.1) is 0 Å². The van der Waals surface area contributed by atoms with E-state index < -0.39 is 92.7 Å². The Morgan fingerprint density at radius 1 is 1.10 bits per heavy atom. The first-order valence-corrected chi connectivity index (χ1v) is 16.9. The molecule has 1 aliphatic heterocycles. The first kappa shape index (κ1) is 40.3. The zero-order chi connectivity index (χ0) is 37.2. The molecule has 1 aromatic heterocycles. The number of carbonyl (C=O) groups is 3. The monoisotopic (exact) mass is 732 g/mol. The first-order chi connectivity index (χ1) is 23.5. The number of methoxy groups -OCH3 is 2. The molecule has 0 spiro atoms. The van der Waals surface area contributed by atoms with Gasteiger partial charge < -0.3 is 38.6 Å². The van der Waals surface area contributed by atoms with Gasteiger partial charge in [0.1, 0.15) is 30.0 Å². The zero-order valence-electron chi connectivity index (χ0n) is 28.3. The summed E-state index contributed by atoms with van der Waals surface area (Å²) in [4.78, 5) is 62.7. The third-order valence-corrected chi connectivity index (χ3v) is 8.85. The lowest BCUT2D eigenvalue weighted by Crippen LogP contribution is -2.47. The van der Waals surface area contributed by atoms with E-state index in [2.05, 4.69) is 15.1 Å². The maximum atomic E-state index is 16.1. The van der Waals surface area contributed by atoms with Crippen molar-refractivity contribution in [3.8, 4) is 5.75 Å². The van der Waals surface area contributed by atoms with Crippen LogP contribution in [0.4, 0.5) is 9.18 Å². The Balaban J connectivity index is 1.81. The van der Waals surface area contributed by atoms with Crippen LogP contribution in [-0.2, 0) is 49.1 Å². The molecular weight excluding hydrogens is 690 g/mol. The van der Waals surface area contributed by atoms with Gasteiger partial charge in [-0.25, -0.2) is 27.9 Å². The van der Waals surface area contributed by atoms with Crippen molar-refractivity contribution >= 4 is 25.8 Å². The average Bonchev–Trinajstić information content (AvgIpc) is 3.28.